The standard InChI is InChI=1S/C14H16BN3O2/c1-8-5-11-9(6-10(8)15)7-16-12(17-11)18-13(19)20-14(2,3)4/h5-7H,1-4H3,(H,16,17,18,19). The summed E-state index contributed by atoms with van der Waals surface area (Å²) in [5.74, 6) is 0.205. The highest BCUT2D eigenvalue weighted by atomic mass is 16.6. The number of nitrogens with zero attached hydrogens (tertiary/aromatic N) is 2. The van der Waals surface area contributed by atoms with Gasteiger partial charge in [0.1, 0.15) is 13.4 Å². The maximum atomic E-state index is 11.7. The molecule has 1 heterocycles. The van der Waals surface area contributed by atoms with E-state index in [1.54, 1.807) is 27.0 Å². The van der Waals surface area contributed by atoms with Crippen LogP contribution in [0.3, 0.4) is 0 Å². The molecule has 0 atom stereocenters. The SMILES string of the molecule is [B]c1cc2cnc(NC(=O)OC(C)(C)C)nc2cc1C. The first-order valence-electron chi connectivity index (χ1n) is 6.27. The Bertz CT molecular complexity index is 665. The Morgan fingerprint density at radius 1 is 1.35 bits per heavy atom. The first kappa shape index (κ1) is 14.3. The van der Waals surface area contributed by atoms with E-state index in [4.69, 9.17) is 12.6 Å². The van der Waals surface area contributed by atoms with Gasteiger partial charge in [-0.05, 0) is 33.8 Å². The molecule has 0 aliphatic rings. The third-order valence-corrected chi connectivity index (χ3v) is 2.58. The van der Waals surface area contributed by atoms with Gasteiger partial charge < -0.3 is 4.74 Å². The summed E-state index contributed by atoms with van der Waals surface area (Å²) in [6.45, 7) is 7.28. The van der Waals surface area contributed by atoms with Crippen LogP contribution in [0.2, 0.25) is 0 Å². The molecule has 0 aliphatic carbocycles. The predicted molar refractivity (Wildman–Crippen MR) is 79.5 cm³/mol. The van der Waals surface area contributed by atoms with Gasteiger partial charge >= 0.3 is 6.09 Å². The van der Waals surface area contributed by atoms with Gasteiger partial charge in [-0.15, -0.1) is 0 Å². The second kappa shape index (κ2) is 5.11. The second-order valence-electron chi connectivity index (χ2n) is 5.59. The zero-order chi connectivity index (χ0) is 14.9. The van der Waals surface area contributed by atoms with Gasteiger partial charge in [0.2, 0.25) is 5.95 Å². The number of carbonyl (C=O) groups excluding carboxylic acids is 1. The third-order valence-electron chi connectivity index (χ3n) is 2.58. The van der Waals surface area contributed by atoms with E-state index in [9.17, 15) is 4.79 Å². The number of nitrogens with one attached hydrogen (secondary N) is 1. The molecule has 5 nitrogen and oxygen atoms in total. The highest BCUT2D eigenvalue weighted by Gasteiger charge is 2.17. The molecule has 2 radical (unpaired) electrons. The molecule has 102 valence electrons. The molecule has 1 aromatic carbocycles. The molecule has 1 aromatic heterocycles. The number of hydrogen-bond donors (Lipinski definition) is 1. The number of anilines is 1. The van der Waals surface area contributed by atoms with Gasteiger partial charge in [-0.2, -0.15) is 0 Å². The van der Waals surface area contributed by atoms with E-state index in [-0.39, 0.29) is 5.95 Å². The number of rotatable bonds is 1. The monoisotopic (exact) mass is 269 g/mol. The van der Waals surface area contributed by atoms with Crippen LogP contribution in [-0.2, 0) is 4.74 Å². The normalized spacial score (nSPS) is 11.4. The van der Waals surface area contributed by atoms with Crippen LogP contribution in [-0.4, -0.2) is 29.5 Å². The van der Waals surface area contributed by atoms with E-state index in [0.29, 0.717) is 5.46 Å². The molecule has 0 aliphatic heterocycles. The maximum Gasteiger partial charge on any atom is 0.414 e. The number of aryl methyl sites for hydroxylation is 1. The summed E-state index contributed by atoms with van der Waals surface area (Å²) in [4.78, 5) is 20.0. The van der Waals surface area contributed by atoms with Crippen molar-refractivity contribution in [1.29, 1.82) is 0 Å². The minimum Gasteiger partial charge on any atom is -0.444 e. The number of ether oxygens (including phenoxy) is 1. The average Bonchev–Trinajstić information content (AvgIpc) is 2.28. The Balaban J connectivity index is 2.24. The summed E-state index contributed by atoms with van der Waals surface area (Å²) in [6.07, 6.45) is 1.04. The highest BCUT2D eigenvalue weighted by molar-refractivity contribution is 6.34. The highest BCUT2D eigenvalue weighted by Crippen LogP contribution is 2.14. The third kappa shape index (κ3) is 3.47. The van der Waals surface area contributed by atoms with Crippen LogP contribution >= 0.6 is 0 Å². The van der Waals surface area contributed by atoms with Crippen LogP contribution in [0.4, 0.5) is 10.7 Å². The zero-order valence-electron chi connectivity index (χ0n) is 12.0. The summed E-state index contributed by atoms with van der Waals surface area (Å²) in [5, 5.41) is 3.33. The van der Waals surface area contributed by atoms with Crippen molar-refractivity contribution in [3.05, 3.63) is 23.9 Å². The maximum absolute atomic E-state index is 11.7. The molecule has 20 heavy (non-hydrogen) atoms. The van der Waals surface area contributed by atoms with E-state index >= 15 is 0 Å². The van der Waals surface area contributed by atoms with Gasteiger partial charge in [-0.3, -0.25) is 5.32 Å². The van der Waals surface area contributed by atoms with Gasteiger partial charge in [0.05, 0.1) is 5.52 Å². The van der Waals surface area contributed by atoms with Gasteiger partial charge in [-0.25, -0.2) is 14.8 Å². The van der Waals surface area contributed by atoms with Crippen molar-refractivity contribution in [1.82, 2.24) is 9.97 Å². The van der Waals surface area contributed by atoms with Crippen molar-refractivity contribution < 1.29 is 9.53 Å². The Morgan fingerprint density at radius 2 is 2.05 bits per heavy atom. The van der Waals surface area contributed by atoms with E-state index < -0.39 is 11.7 Å². The van der Waals surface area contributed by atoms with Crippen LogP contribution in [0, 0.1) is 6.92 Å². The molecule has 0 spiro atoms. The smallest absolute Gasteiger partial charge is 0.414 e. The molecule has 0 unspecified atom stereocenters. The van der Waals surface area contributed by atoms with Crippen molar-refractivity contribution in [3.63, 3.8) is 0 Å². The summed E-state index contributed by atoms with van der Waals surface area (Å²) in [7, 11) is 5.83. The molecule has 0 fully saturated rings. The molecule has 1 amide bonds. The molecule has 2 rings (SSSR count). The molecule has 0 saturated heterocycles. The lowest BCUT2D eigenvalue weighted by Crippen LogP contribution is -2.27. The fourth-order valence-corrected chi connectivity index (χ4v) is 1.66. The lowest BCUT2D eigenvalue weighted by molar-refractivity contribution is 0.0634. The summed E-state index contributed by atoms with van der Waals surface area (Å²) >= 11 is 0. The summed E-state index contributed by atoms with van der Waals surface area (Å²) in [5.41, 5.74) is 1.78. The topological polar surface area (TPSA) is 64.1 Å². The first-order valence-corrected chi connectivity index (χ1v) is 6.27. The fraction of sp³-hybridized carbons (Fsp3) is 0.357. The van der Waals surface area contributed by atoms with Gasteiger partial charge in [0.25, 0.3) is 0 Å². The molecule has 1 N–H and O–H groups in total. The number of hydrogen-bond acceptors (Lipinski definition) is 4. The van der Waals surface area contributed by atoms with Crippen molar-refractivity contribution in [2.45, 2.75) is 33.3 Å². The van der Waals surface area contributed by atoms with Gasteiger partial charge in [0.15, 0.2) is 0 Å². The predicted octanol–water partition coefficient (Wildman–Crippen LogP) is 2.08. The number of amides is 1. The van der Waals surface area contributed by atoms with Crippen LogP contribution < -0.4 is 10.8 Å². The molecular weight excluding hydrogens is 253 g/mol. The lowest BCUT2D eigenvalue weighted by atomic mass is 9.90. The molecule has 2 aromatic rings. The van der Waals surface area contributed by atoms with Crippen molar-refractivity contribution in [2.24, 2.45) is 0 Å². The van der Waals surface area contributed by atoms with Gasteiger partial charge in [0, 0.05) is 11.6 Å². The molecule has 6 heteroatoms. The molecule has 0 saturated carbocycles. The zero-order valence-corrected chi connectivity index (χ0v) is 12.0. The van der Waals surface area contributed by atoms with Gasteiger partial charge in [-0.1, -0.05) is 17.1 Å². The van der Waals surface area contributed by atoms with Crippen LogP contribution in [0.1, 0.15) is 26.3 Å². The van der Waals surface area contributed by atoms with Crippen LogP contribution in [0.15, 0.2) is 18.3 Å². The minimum atomic E-state index is -0.580. The van der Waals surface area contributed by atoms with Crippen LogP contribution in [0.5, 0.6) is 0 Å². The van der Waals surface area contributed by atoms with E-state index in [1.165, 1.54) is 0 Å². The number of fused-ring (bicyclic) bond motifs is 1. The van der Waals surface area contributed by atoms with Crippen molar-refractivity contribution in [2.75, 3.05) is 5.32 Å². The Morgan fingerprint density at radius 3 is 2.70 bits per heavy atom. The Labute approximate surface area is 119 Å². The first-order chi connectivity index (χ1) is 9.24. The van der Waals surface area contributed by atoms with Crippen molar-refractivity contribution >= 4 is 36.3 Å². The number of benzene rings is 1. The number of aromatic nitrogens is 2. The average molecular weight is 269 g/mol. The van der Waals surface area contributed by atoms with E-state index in [1.807, 2.05) is 19.1 Å². The summed E-state index contributed by atoms with van der Waals surface area (Å²) < 4.78 is 5.15. The second-order valence-corrected chi connectivity index (χ2v) is 5.59. The molecular formula is C14H16BN3O2. The lowest BCUT2D eigenvalue weighted by Gasteiger charge is -2.19. The van der Waals surface area contributed by atoms with E-state index in [2.05, 4.69) is 15.3 Å². The Hall–Kier alpha value is -2.11. The number of carbonyl (C=O) groups is 1. The largest absolute Gasteiger partial charge is 0.444 e. The molecule has 0 bridgehead atoms. The fourth-order valence-electron chi connectivity index (χ4n) is 1.66. The Kier molecular flexibility index (Phi) is 3.66. The van der Waals surface area contributed by atoms with Crippen LogP contribution in [0.25, 0.3) is 10.9 Å². The summed E-state index contributed by atoms with van der Waals surface area (Å²) in [6, 6.07) is 3.66. The van der Waals surface area contributed by atoms with Crippen molar-refractivity contribution in [3.8, 4) is 0 Å². The minimum absolute atomic E-state index is 0.205. The van der Waals surface area contributed by atoms with E-state index in [0.717, 1.165) is 16.5 Å². The quantitative estimate of drug-likeness (QED) is 0.805.